The van der Waals surface area contributed by atoms with E-state index in [-0.39, 0.29) is 12.0 Å². The van der Waals surface area contributed by atoms with Crippen LogP contribution >= 0.6 is 11.3 Å². The summed E-state index contributed by atoms with van der Waals surface area (Å²) < 4.78 is 121. The second-order valence-corrected chi connectivity index (χ2v) is 10.9. The van der Waals surface area contributed by atoms with E-state index in [1.807, 2.05) is 12.1 Å². The van der Waals surface area contributed by atoms with Gasteiger partial charge < -0.3 is 9.47 Å². The van der Waals surface area contributed by atoms with Crippen LogP contribution in [0.25, 0.3) is 20.8 Å². The number of benzene rings is 2. The van der Waals surface area contributed by atoms with Gasteiger partial charge in [-0.05, 0) is 49.1 Å². The molecule has 0 amide bonds. The molecule has 0 radical (unpaired) electrons. The number of hydrogen-bond acceptors (Lipinski definition) is 5. The summed E-state index contributed by atoms with van der Waals surface area (Å²) in [6, 6.07) is 11.1. The van der Waals surface area contributed by atoms with Crippen molar-refractivity contribution in [2.45, 2.75) is 76.1 Å². The van der Waals surface area contributed by atoms with Crippen LogP contribution in [0.3, 0.4) is 0 Å². The standard InChI is InChI=1S/C29H31F8NO3S/c1-3-5-6-7-8-19-9-14-22-23(16-19)42-24(38-22)20-10-12-21(13-11-20)25(39)41-18-27(32,33)29(36,37)28(34,35)26(30,31)17-40-15-4-2/h9-14,16H,3-8,15,17-18H2,1-2H3. The fraction of sp³-hybridized carbons (Fsp3) is 0.517. The van der Waals surface area contributed by atoms with E-state index in [2.05, 4.69) is 27.4 Å². The van der Waals surface area contributed by atoms with Gasteiger partial charge in [0.2, 0.25) is 0 Å². The number of aromatic nitrogens is 1. The SMILES string of the molecule is CCCCCCc1ccc2nc(-c3ccc(C(=O)OCC(F)(F)C(F)(F)C(F)(F)C(F)(F)COCCC)cc3)sc2c1. The summed E-state index contributed by atoms with van der Waals surface area (Å²) >= 11 is 1.40. The van der Waals surface area contributed by atoms with Crippen LogP contribution in [0.4, 0.5) is 35.1 Å². The van der Waals surface area contributed by atoms with E-state index >= 15 is 0 Å². The van der Waals surface area contributed by atoms with Crippen molar-refractivity contribution in [3.63, 3.8) is 0 Å². The molecule has 13 heteroatoms. The van der Waals surface area contributed by atoms with Gasteiger partial charge in [0.25, 0.3) is 0 Å². The highest BCUT2D eigenvalue weighted by atomic mass is 32.1. The minimum absolute atomic E-state index is 0.103. The molecular formula is C29H31F8NO3S. The summed E-state index contributed by atoms with van der Waals surface area (Å²) in [7, 11) is 0. The molecule has 0 fully saturated rings. The Labute approximate surface area is 242 Å². The Morgan fingerprint density at radius 3 is 2.07 bits per heavy atom. The van der Waals surface area contributed by atoms with E-state index in [9.17, 15) is 39.9 Å². The number of ether oxygens (including phenoxy) is 2. The van der Waals surface area contributed by atoms with Crippen LogP contribution in [0.5, 0.6) is 0 Å². The van der Waals surface area contributed by atoms with Crippen molar-refractivity contribution in [2.75, 3.05) is 19.8 Å². The molecule has 0 aliphatic carbocycles. The van der Waals surface area contributed by atoms with Gasteiger partial charge >= 0.3 is 29.7 Å². The van der Waals surface area contributed by atoms with Crippen LogP contribution < -0.4 is 0 Å². The van der Waals surface area contributed by atoms with Crippen LogP contribution in [0.2, 0.25) is 0 Å². The number of carbonyl (C=O) groups excluding carboxylic acids is 1. The van der Waals surface area contributed by atoms with Crippen molar-refractivity contribution in [3.05, 3.63) is 53.6 Å². The molecule has 2 aromatic carbocycles. The number of nitrogens with zero attached hydrogens (tertiary/aromatic N) is 1. The van der Waals surface area contributed by atoms with Crippen molar-refractivity contribution >= 4 is 27.5 Å². The van der Waals surface area contributed by atoms with Crippen LogP contribution in [-0.4, -0.2) is 54.5 Å². The number of alkyl halides is 8. The third-order valence-corrected chi connectivity index (χ3v) is 7.54. The van der Waals surface area contributed by atoms with Crippen molar-refractivity contribution in [3.8, 4) is 10.6 Å². The number of esters is 1. The molecular weight excluding hydrogens is 594 g/mol. The maximum Gasteiger partial charge on any atom is 0.381 e. The van der Waals surface area contributed by atoms with Gasteiger partial charge in [-0.3, -0.25) is 0 Å². The molecule has 0 saturated heterocycles. The molecule has 0 aliphatic heterocycles. The van der Waals surface area contributed by atoms with Gasteiger partial charge in [-0.25, -0.2) is 9.78 Å². The molecule has 0 bridgehead atoms. The molecule has 42 heavy (non-hydrogen) atoms. The number of halogens is 8. The number of unbranched alkanes of at least 4 members (excludes halogenated alkanes) is 3. The highest BCUT2D eigenvalue weighted by Gasteiger charge is 2.80. The third kappa shape index (κ3) is 7.39. The highest BCUT2D eigenvalue weighted by Crippen LogP contribution is 2.52. The van der Waals surface area contributed by atoms with Crippen molar-refractivity contribution in [1.82, 2.24) is 4.98 Å². The van der Waals surface area contributed by atoms with Gasteiger partial charge in [0.1, 0.15) is 11.6 Å². The lowest BCUT2D eigenvalue weighted by molar-refractivity contribution is -0.375. The van der Waals surface area contributed by atoms with Gasteiger partial charge in [-0.2, -0.15) is 35.1 Å². The smallest absolute Gasteiger partial charge is 0.381 e. The Morgan fingerprint density at radius 2 is 1.45 bits per heavy atom. The first-order chi connectivity index (χ1) is 19.7. The van der Waals surface area contributed by atoms with E-state index in [0.717, 1.165) is 48.0 Å². The first kappa shape index (κ1) is 33.7. The first-order valence-electron chi connectivity index (χ1n) is 13.4. The van der Waals surface area contributed by atoms with E-state index in [1.54, 1.807) is 0 Å². The van der Waals surface area contributed by atoms with Crippen molar-refractivity contribution in [1.29, 1.82) is 0 Å². The summed E-state index contributed by atoms with van der Waals surface area (Å²) in [5, 5.41) is 0.602. The Morgan fingerprint density at radius 1 is 0.810 bits per heavy atom. The van der Waals surface area contributed by atoms with Gasteiger partial charge in [0, 0.05) is 12.2 Å². The fourth-order valence-corrected chi connectivity index (χ4v) is 5.01. The third-order valence-electron chi connectivity index (χ3n) is 6.47. The molecule has 0 atom stereocenters. The first-order valence-corrected chi connectivity index (χ1v) is 14.2. The van der Waals surface area contributed by atoms with Crippen LogP contribution in [-0.2, 0) is 15.9 Å². The molecule has 3 rings (SSSR count). The summed E-state index contributed by atoms with van der Waals surface area (Å²) in [4.78, 5) is 16.8. The lowest BCUT2D eigenvalue weighted by Gasteiger charge is -2.36. The normalized spacial score (nSPS) is 13.1. The summed E-state index contributed by atoms with van der Waals surface area (Å²) in [6.45, 7) is -1.64. The van der Waals surface area contributed by atoms with Gasteiger partial charge in [0.05, 0.1) is 15.8 Å². The van der Waals surface area contributed by atoms with Crippen molar-refractivity contribution < 1.29 is 49.4 Å². The molecule has 232 valence electrons. The average molecular weight is 626 g/mol. The van der Waals surface area contributed by atoms with Gasteiger partial charge in [-0.15, -0.1) is 11.3 Å². The van der Waals surface area contributed by atoms with E-state index in [0.29, 0.717) is 10.6 Å². The lowest BCUT2D eigenvalue weighted by Crippen LogP contribution is -2.64. The van der Waals surface area contributed by atoms with Crippen LogP contribution in [0.1, 0.15) is 61.9 Å². The van der Waals surface area contributed by atoms with E-state index < -0.39 is 49.5 Å². The molecule has 0 unspecified atom stereocenters. The Balaban J connectivity index is 1.66. The monoisotopic (exact) mass is 625 g/mol. The number of thiazole rings is 1. The van der Waals surface area contributed by atoms with Crippen molar-refractivity contribution in [2.24, 2.45) is 0 Å². The zero-order valence-electron chi connectivity index (χ0n) is 23.0. The number of rotatable bonds is 16. The van der Waals surface area contributed by atoms with Crippen LogP contribution in [0, 0.1) is 0 Å². The van der Waals surface area contributed by atoms with E-state index in [4.69, 9.17) is 0 Å². The zero-order chi connectivity index (χ0) is 31.2. The number of aryl methyl sites for hydroxylation is 1. The largest absolute Gasteiger partial charge is 0.455 e. The molecule has 1 heterocycles. The molecule has 1 aromatic heterocycles. The Hall–Kier alpha value is -2.80. The quantitative estimate of drug-likeness (QED) is 0.0905. The Bertz CT molecular complexity index is 1330. The molecule has 0 saturated carbocycles. The number of carbonyl (C=O) groups is 1. The molecule has 0 spiro atoms. The predicted molar refractivity (Wildman–Crippen MR) is 144 cm³/mol. The summed E-state index contributed by atoms with van der Waals surface area (Å²) in [5.74, 6) is -26.0. The second-order valence-electron chi connectivity index (χ2n) is 9.90. The zero-order valence-corrected chi connectivity index (χ0v) is 23.8. The maximum absolute atomic E-state index is 14.1. The molecule has 0 aliphatic rings. The predicted octanol–water partition coefficient (Wildman–Crippen LogP) is 9.21. The topological polar surface area (TPSA) is 48.4 Å². The average Bonchev–Trinajstić information content (AvgIpc) is 3.37. The van der Waals surface area contributed by atoms with Gasteiger partial charge in [0.15, 0.2) is 6.61 Å². The molecule has 3 aromatic rings. The maximum atomic E-state index is 14.1. The molecule has 4 nitrogen and oxygen atoms in total. The minimum Gasteiger partial charge on any atom is -0.455 e. The fourth-order valence-electron chi connectivity index (χ4n) is 3.98. The minimum atomic E-state index is -6.56. The highest BCUT2D eigenvalue weighted by molar-refractivity contribution is 7.21. The Kier molecular flexibility index (Phi) is 11.0. The number of hydrogen-bond donors (Lipinski definition) is 0. The lowest BCUT2D eigenvalue weighted by atomic mass is 9.99. The second kappa shape index (κ2) is 13.7. The van der Waals surface area contributed by atoms with Gasteiger partial charge in [-0.1, -0.05) is 51.3 Å². The van der Waals surface area contributed by atoms with Crippen LogP contribution in [0.15, 0.2) is 42.5 Å². The number of fused-ring (bicyclic) bond motifs is 1. The summed E-state index contributed by atoms with van der Waals surface area (Å²) in [6.07, 6.45) is 5.59. The van der Waals surface area contributed by atoms with E-state index in [1.165, 1.54) is 42.4 Å². The summed E-state index contributed by atoms with van der Waals surface area (Å²) in [5.41, 5.74) is 2.17. The molecule has 0 N–H and O–H groups in total.